The fraction of sp³-hybridized carbons (Fsp3) is 0.444. The maximum atomic E-state index is 5.54. The first-order valence-electron chi connectivity index (χ1n) is 7.66. The van der Waals surface area contributed by atoms with Gasteiger partial charge in [-0.3, -0.25) is 0 Å². The highest BCUT2D eigenvalue weighted by molar-refractivity contribution is 5.82. The van der Waals surface area contributed by atoms with Crippen LogP contribution < -0.4 is 5.32 Å². The van der Waals surface area contributed by atoms with Gasteiger partial charge < -0.3 is 10.1 Å². The van der Waals surface area contributed by atoms with Gasteiger partial charge in [0.2, 0.25) is 0 Å². The van der Waals surface area contributed by atoms with E-state index in [-0.39, 0.29) is 0 Å². The molecular formula is C18H25NO. The van der Waals surface area contributed by atoms with Crippen LogP contribution in [0.3, 0.4) is 0 Å². The monoisotopic (exact) mass is 271 g/mol. The van der Waals surface area contributed by atoms with Crippen LogP contribution in [-0.4, -0.2) is 19.8 Å². The second kappa shape index (κ2) is 8.72. The molecule has 0 atom stereocenters. The minimum Gasteiger partial charge on any atom is -0.381 e. The van der Waals surface area contributed by atoms with E-state index in [9.17, 15) is 0 Å². The Balaban J connectivity index is 1.65. The second-order valence-electron chi connectivity index (χ2n) is 5.18. The Morgan fingerprint density at radius 3 is 2.60 bits per heavy atom. The summed E-state index contributed by atoms with van der Waals surface area (Å²) in [5, 5.41) is 6.10. The van der Waals surface area contributed by atoms with Crippen LogP contribution in [-0.2, 0) is 11.3 Å². The lowest BCUT2D eigenvalue weighted by Gasteiger charge is -2.07. The number of nitrogens with one attached hydrogen (secondary N) is 1. The van der Waals surface area contributed by atoms with Crippen LogP contribution in [0.15, 0.2) is 42.5 Å². The first kappa shape index (κ1) is 15.0. The van der Waals surface area contributed by atoms with Crippen LogP contribution >= 0.6 is 0 Å². The molecule has 0 saturated heterocycles. The van der Waals surface area contributed by atoms with Crippen molar-refractivity contribution >= 4 is 10.8 Å². The molecule has 2 aromatic carbocycles. The van der Waals surface area contributed by atoms with Gasteiger partial charge in [0, 0.05) is 19.8 Å². The highest BCUT2D eigenvalue weighted by Gasteiger charge is 1.96. The van der Waals surface area contributed by atoms with Crippen molar-refractivity contribution in [3.8, 4) is 0 Å². The fourth-order valence-electron chi connectivity index (χ4n) is 2.23. The zero-order chi connectivity index (χ0) is 14.0. The molecule has 2 nitrogen and oxygen atoms in total. The Morgan fingerprint density at radius 1 is 0.950 bits per heavy atom. The lowest BCUT2D eigenvalue weighted by atomic mass is 10.1. The van der Waals surface area contributed by atoms with Gasteiger partial charge in [-0.05, 0) is 41.8 Å². The lowest BCUT2D eigenvalue weighted by Crippen LogP contribution is -2.16. The molecule has 0 aromatic heterocycles. The summed E-state index contributed by atoms with van der Waals surface area (Å²) in [5.41, 5.74) is 1.34. The Kier molecular flexibility index (Phi) is 6.55. The molecule has 0 fully saturated rings. The second-order valence-corrected chi connectivity index (χ2v) is 5.18. The maximum absolute atomic E-state index is 5.54. The standard InChI is InChI=1S/C18H25NO/c1-2-3-12-20-13-6-11-19-15-16-9-10-17-7-4-5-8-18(17)14-16/h4-5,7-10,14,19H,2-3,6,11-13,15H2,1H3. The summed E-state index contributed by atoms with van der Waals surface area (Å²) < 4.78 is 5.54. The predicted molar refractivity (Wildman–Crippen MR) is 86.0 cm³/mol. The highest BCUT2D eigenvalue weighted by Crippen LogP contribution is 2.15. The molecule has 0 heterocycles. The van der Waals surface area contributed by atoms with Crippen LogP contribution in [0.1, 0.15) is 31.7 Å². The van der Waals surface area contributed by atoms with Gasteiger partial charge in [0.05, 0.1) is 0 Å². The summed E-state index contributed by atoms with van der Waals surface area (Å²) in [6.07, 6.45) is 3.46. The van der Waals surface area contributed by atoms with E-state index in [1.807, 2.05) is 0 Å². The third-order valence-corrected chi connectivity index (χ3v) is 3.43. The van der Waals surface area contributed by atoms with Gasteiger partial charge in [0.25, 0.3) is 0 Å². The normalized spacial score (nSPS) is 11.1. The van der Waals surface area contributed by atoms with Crippen molar-refractivity contribution in [2.45, 2.75) is 32.7 Å². The molecule has 0 unspecified atom stereocenters. The van der Waals surface area contributed by atoms with E-state index in [1.165, 1.54) is 29.2 Å². The summed E-state index contributed by atoms with van der Waals surface area (Å²) in [6.45, 7) is 5.90. The van der Waals surface area contributed by atoms with Crippen LogP contribution in [0, 0.1) is 0 Å². The smallest absolute Gasteiger partial charge is 0.0478 e. The van der Waals surface area contributed by atoms with E-state index >= 15 is 0 Å². The minimum atomic E-state index is 0.866. The van der Waals surface area contributed by atoms with Gasteiger partial charge in [-0.25, -0.2) is 0 Å². The summed E-state index contributed by atoms with van der Waals surface area (Å²) >= 11 is 0. The van der Waals surface area contributed by atoms with Gasteiger partial charge >= 0.3 is 0 Å². The molecule has 20 heavy (non-hydrogen) atoms. The molecule has 0 aliphatic heterocycles. The molecule has 0 aliphatic carbocycles. The molecule has 1 N–H and O–H groups in total. The quantitative estimate of drug-likeness (QED) is 0.692. The van der Waals surface area contributed by atoms with Gasteiger partial charge in [-0.15, -0.1) is 0 Å². The van der Waals surface area contributed by atoms with E-state index in [1.54, 1.807) is 0 Å². The van der Waals surface area contributed by atoms with Crippen molar-refractivity contribution in [1.29, 1.82) is 0 Å². The first-order chi connectivity index (χ1) is 9.90. The third-order valence-electron chi connectivity index (χ3n) is 3.43. The molecule has 2 rings (SSSR count). The molecule has 2 heteroatoms. The maximum Gasteiger partial charge on any atom is 0.0478 e. The SMILES string of the molecule is CCCCOCCCNCc1ccc2ccccc2c1. The number of rotatable bonds is 9. The van der Waals surface area contributed by atoms with Gasteiger partial charge in [-0.1, -0.05) is 49.7 Å². The molecule has 108 valence electrons. The van der Waals surface area contributed by atoms with Crippen molar-refractivity contribution in [3.05, 3.63) is 48.0 Å². The molecule has 2 aromatic rings. The van der Waals surface area contributed by atoms with E-state index in [0.717, 1.165) is 32.7 Å². The molecule has 0 saturated carbocycles. The molecule has 0 spiro atoms. The number of hydrogen-bond donors (Lipinski definition) is 1. The number of unbranched alkanes of at least 4 members (excludes halogenated alkanes) is 1. The minimum absolute atomic E-state index is 0.866. The summed E-state index contributed by atoms with van der Waals surface area (Å²) in [4.78, 5) is 0. The highest BCUT2D eigenvalue weighted by atomic mass is 16.5. The van der Waals surface area contributed by atoms with Gasteiger partial charge in [-0.2, -0.15) is 0 Å². The van der Waals surface area contributed by atoms with Crippen molar-refractivity contribution in [3.63, 3.8) is 0 Å². The third kappa shape index (κ3) is 4.95. The van der Waals surface area contributed by atoms with Crippen LogP contribution in [0.2, 0.25) is 0 Å². The van der Waals surface area contributed by atoms with Crippen molar-refractivity contribution in [2.75, 3.05) is 19.8 Å². The molecule has 0 amide bonds. The largest absolute Gasteiger partial charge is 0.381 e. The molecule has 0 bridgehead atoms. The number of ether oxygens (including phenoxy) is 1. The average Bonchev–Trinajstić information content (AvgIpc) is 2.50. The van der Waals surface area contributed by atoms with Crippen LogP contribution in [0.4, 0.5) is 0 Å². The fourth-order valence-corrected chi connectivity index (χ4v) is 2.23. The summed E-state index contributed by atoms with van der Waals surface area (Å²) in [6, 6.07) is 15.2. The van der Waals surface area contributed by atoms with Crippen molar-refractivity contribution < 1.29 is 4.74 Å². The Hall–Kier alpha value is -1.38. The van der Waals surface area contributed by atoms with Crippen LogP contribution in [0.5, 0.6) is 0 Å². The summed E-state index contributed by atoms with van der Waals surface area (Å²) in [5.74, 6) is 0. The number of benzene rings is 2. The molecule has 0 aliphatic rings. The van der Waals surface area contributed by atoms with E-state index in [0.29, 0.717) is 0 Å². The predicted octanol–water partition coefficient (Wildman–Crippen LogP) is 4.14. The number of hydrogen-bond acceptors (Lipinski definition) is 2. The Morgan fingerprint density at radius 2 is 1.75 bits per heavy atom. The first-order valence-corrected chi connectivity index (χ1v) is 7.66. The van der Waals surface area contributed by atoms with Gasteiger partial charge in [0.1, 0.15) is 0 Å². The van der Waals surface area contributed by atoms with E-state index in [4.69, 9.17) is 4.74 Å². The number of fused-ring (bicyclic) bond motifs is 1. The zero-order valence-electron chi connectivity index (χ0n) is 12.4. The van der Waals surface area contributed by atoms with Gasteiger partial charge in [0.15, 0.2) is 0 Å². The topological polar surface area (TPSA) is 21.3 Å². The molecular weight excluding hydrogens is 246 g/mol. The van der Waals surface area contributed by atoms with Crippen LogP contribution in [0.25, 0.3) is 10.8 Å². The average molecular weight is 271 g/mol. The van der Waals surface area contributed by atoms with E-state index in [2.05, 4.69) is 54.7 Å². The van der Waals surface area contributed by atoms with E-state index < -0.39 is 0 Å². The Labute approximate surface area is 122 Å². The summed E-state index contributed by atoms with van der Waals surface area (Å²) in [7, 11) is 0. The molecule has 0 radical (unpaired) electrons. The lowest BCUT2D eigenvalue weighted by molar-refractivity contribution is 0.129. The Bertz CT molecular complexity index is 509. The van der Waals surface area contributed by atoms with Crippen molar-refractivity contribution in [1.82, 2.24) is 5.32 Å². The van der Waals surface area contributed by atoms with Crippen molar-refractivity contribution in [2.24, 2.45) is 0 Å². The zero-order valence-corrected chi connectivity index (χ0v) is 12.4.